The van der Waals surface area contributed by atoms with Crippen LogP contribution in [0, 0.1) is 6.92 Å². The Morgan fingerprint density at radius 3 is 2.38 bits per heavy atom. The maximum Gasteiger partial charge on any atom is 0.264 e. The van der Waals surface area contributed by atoms with Crippen LogP contribution in [0.5, 0.6) is 5.75 Å². The summed E-state index contributed by atoms with van der Waals surface area (Å²) in [5.41, 5.74) is 2.17. The van der Waals surface area contributed by atoms with Crippen LogP contribution in [0.3, 0.4) is 0 Å². The van der Waals surface area contributed by atoms with Crippen molar-refractivity contribution in [1.82, 2.24) is 5.32 Å². The maximum absolute atomic E-state index is 12.0. The van der Waals surface area contributed by atoms with Crippen LogP contribution in [0.15, 0.2) is 45.3 Å². The molecule has 0 saturated carbocycles. The molecule has 0 spiro atoms. The summed E-state index contributed by atoms with van der Waals surface area (Å²) in [6.45, 7) is 3.21. The van der Waals surface area contributed by atoms with Crippen molar-refractivity contribution in [3.8, 4) is 5.75 Å². The Balaban J connectivity index is 1.87. The van der Waals surface area contributed by atoms with E-state index in [1.54, 1.807) is 24.3 Å². The van der Waals surface area contributed by atoms with Crippen molar-refractivity contribution < 1.29 is 14.3 Å². The number of nitrogens with one attached hydrogen (secondary N) is 2. The van der Waals surface area contributed by atoms with Gasteiger partial charge >= 0.3 is 0 Å². The molecule has 0 aliphatic rings. The van der Waals surface area contributed by atoms with Gasteiger partial charge in [-0.15, -0.1) is 0 Å². The number of carbonyl (C=O) groups is 2. The fourth-order valence-corrected chi connectivity index (χ4v) is 3.91. The van der Waals surface area contributed by atoms with Gasteiger partial charge in [-0.1, -0.05) is 15.9 Å². The van der Waals surface area contributed by atoms with E-state index in [-0.39, 0.29) is 23.4 Å². The van der Waals surface area contributed by atoms with Gasteiger partial charge in [0.05, 0.1) is 4.47 Å². The quantitative estimate of drug-likeness (QED) is 0.464. The third-order valence-electron chi connectivity index (χ3n) is 3.34. The predicted octanol–water partition coefficient (Wildman–Crippen LogP) is 4.61. The molecule has 0 bridgehead atoms. The first-order valence-electron chi connectivity index (χ1n) is 7.56. The first-order chi connectivity index (χ1) is 12.3. The standard InChI is InChI=1S/C18H16Br2N2O3S/c1-10-7-13(19)8-15(20)17(10)25-9-16(24)22-18(26)21-14-5-3-12(4-6-14)11(2)23/h3-8H,9H2,1-2H3,(H2,21,22,24,26). The number of halogens is 2. The van der Waals surface area contributed by atoms with E-state index in [4.69, 9.17) is 17.0 Å². The molecule has 8 heteroatoms. The van der Waals surface area contributed by atoms with Crippen molar-refractivity contribution in [2.45, 2.75) is 13.8 Å². The highest BCUT2D eigenvalue weighted by atomic mass is 79.9. The number of anilines is 1. The maximum atomic E-state index is 12.0. The number of hydrogen-bond donors (Lipinski definition) is 2. The van der Waals surface area contributed by atoms with E-state index in [9.17, 15) is 9.59 Å². The summed E-state index contributed by atoms with van der Waals surface area (Å²) in [5.74, 6) is 0.207. The van der Waals surface area contributed by atoms with Crippen molar-refractivity contribution in [3.05, 3.63) is 56.5 Å². The molecule has 2 aromatic rings. The summed E-state index contributed by atoms with van der Waals surface area (Å²) >= 11 is 11.9. The lowest BCUT2D eigenvalue weighted by Crippen LogP contribution is -2.37. The molecule has 0 atom stereocenters. The number of Topliss-reactive ketones (excluding diaryl/α,β-unsaturated/α-hetero) is 1. The van der Waals surface area contributed by atoms with E-state index < -0.39 is 0 Å². The summed E-state index contributed by atoms with van der Waals surface area (Å²) in [7, 11) is 0. The van der Waals surface area contributed by atoms with E-state index in [1.807, 2.05) is 19.1 Å². The monoisotopic (exact) mass is 498 g/mol. The number of ketones is 1. The van der Waals surface area contributed by atoms with E-state index in [1.165, 1.54) is 6.92 Å². The average molecular weight is 500 g/mol. The highest BCUT2D eigenvalue weighted by Crippen LogP contribution is 2.32. The number of carbonyl (C=O) groups excluding carboxylic acids is 2. The molecule has 2 aromatic carbocycles. The van der Waals surface area contributed by atoms with Gasteiger partial charge in [-0.2, -0.15) is 0 Å². The fourth-order valence-electron chi connectivity index (χ4n) is 2.12. The minimum Gasteiger partial charge on any atom is -0.482 e. The van der Waals surface area contributed by atoms with Crippen LogP contribution in [0.4, 0.5) is 5.69 Å². The highest BCUT2D eigenvalue weighted by Gasteiger charge is 2.11. The normalized spacial score (nSPS) is 10.2. The average Bonchev–Trinajstić information content (AvgIpc) is 2.54. The van der Waals surface area contributed by atoms with E-state index in [0.29, 0.717) is 17.0 Å². The molecule has 0 aliphatic heterocycles. The van der Waals surface area contributed by atoms with Crippen LogP contribution in [-0.4, -0.2) is 23.4 Å². The van der Waals surface area contributed by atoms with Crippen LogP contribution in [0.25, 0.3) is 0 Å². The number of thiocarbonyl (C=S) groups is 1. The van der Waals surface area contributed by atoms with E-state index in [2.05, 4.69) is 42.5 Å². The van der Waals surface area contributed by atoms with Crippen molar-refractivity contribution in [3.63, 3.8) is 0 Å². The lowest BCUT2D eigenvalue weighted by atomic mass is 10.1. The minimum absolute atomic E-state index is 0.0148. The van der Waals surface area contributed by atoms with Crippen LogP contribution in [0.1, 0.15) is 22.8 Å². The van der Waals surface area contributed by atoms with Gasteiger partial charge < -0.3 is 10.1 Å². The van der Waals surface area contributed by atoms with E-state index >= 15 is 0 Å². The van der Waals surface area contributed by atoms with Gasteiger partial charge in [0.1, 0.15) is 5.75 Å². The number of aryl methyl sites for hydroxylation is 1. The molecule has 0 radical (unpaired) electrons. The molecular formula is C18H16Br2N2O3S. The Morgan fingerprint density at radius 2 is 1.81 bits per heavy atom. The predicted molar refractivity (Wildman–Crippen MR) is 113 cm³/mol. The molecular weight excluding hydrogens is 484 g/mol. The molecule has 5 nitrogen and oxygen atoms in total. The Bertz CT molecular complexity index is 831. The zero-order valence-corrected chi connectivity index (χ0v) is 18.0. The van der Waals surface area contributed by atoms with Crippen molar-refractivity contribution in [2.24, 2.45) is 0 Å². The fraction of sp³-hybridized carbons (Fsp3) is 0.167. The van der Waals surface area contributed by atoms with Gasteiger partial charge in [-0.05, 0) is 84.0 Å². The molecule has 0 fully saturated rings. The summed E-state index contributed by atoms with van der Waals surface area (Å²) in [6, 6.07) is 10.5. The summed E-state index contributed by atoms with van der Waals surface area (Å²) in [6.07, 6.45) is 0. The molecule has 1 amide bonds. The van der Waals surface area contributed by atoms with Crippen LogP contribution < -0.4 is 15.4 Å². The molecule has 0 aliphatic carbocycles. The number of benzene rings is 2. The summed E-state index contributed by atoms with van der Waals surface area (Å²) in [5, 5.41) is 5.59. The second-order valence-corrected chi connectivity index (χ2v) is 7.64. The second-order valence-electron chi connectivity index (χ2n) is 5.46. The Labute approximate surface area is 173 Å². The molecule has 0 heterocycles. The summed E-state index contributed by atoms with van der Waals surface area (Å²) in [4.78, 5) is 23.3. The van der Waals surface area contributed by atoms with Crippen LogP contribution >= 0.6 is 44.1 Å². The second kappa shape index (κ2) is 9.25. The first kappa shape index (κ1) is 20.5. The van der Waals surface area contributed by atoms with Gasteiger partial charge in [0.25, 0.3) is 5.91 Å². The van der Waals surface area contributed by atoms with Gasteiger partial charge in [0.15, 0.2) is 17.5 Å². The smallest absolute Gasteiger partial charge is 0.264 e. The molecule has 2 N–H and O–H groups in total. The highest BCUT2D eigenvalue weighted by molar-refractivity contribution is 9.11. The van der Waals surface area contributed by atoms with E-state index in [0.717, 1.165) is 14.5 Å². The minimum atomic E-state index is -0.378. The number of amides is 1. The Kier molecular flexibility index (Phi) is 7.31. The van der Waals surface area contributed by atoms with Crippen molar-refractivity contribution in [1.29, 1.82) is 0 Å². The van der Waals surface area contributed by atoms with Crippen molar-refractivity contribution in [2.75, 3.05) is 11.9 Å². The SMILES string of the molecule is CC(=O)c1ccc(NC(=S)NC(=O)COc2c(C)cc(Br)cc2Br)cc1. The molecule has 26 heavy (non-hydrogen) atoms. The molecule has 136 valence electrons. The van der Waals surface area contributed by atoms with Gasteiger partial charge in [0, 0.05) is 15.7 Å². The zero-order valence-electron chi connectivity index (χ0n) is 14.1. The van der Waals surface area contributed by atoms with Crippen LogP contribution in [-0.2, 0) is 4.79 Å². The third-order valence-corrected chi connectivity index (χ3v) is 4.59. The van der Waals surface area contributed by atoms with Crippen molar-refractivity contribution >= 4 is 66.6 Å². The topological polar surface area (TPSA) is 67.4 Å². The van der Waals surface area contributed by atoms with Crippen LogP contribution in [0.2, 0.25) is 0 Å². The number of ether oxygens (including phenoxy) is 1. The first-order valence-corrected chi connectivity index (χ1v) is 9.56. The lowest BCUT2D eigenvalue weighted by molar-refractivity contribution is -0.121. The van der Waals surface area contributed by atoms with Gasteiger partial charge in [0.2, 0.25) is 0 Å². The van der Waals surface area contributed by atoms with Gasteiger partial charge in [-0.3, -0.25) is 14.9 Å². The molecule has 2 rings (SSSR count). The van der Waals surface area contributed by atoms with Gasteiger partial charge in [-0.25, -0.2) is 0 Å². The Hall–Kier alpha value is -1.77. The largest absolute Gasteiger partial charge is 0.482 e. The lowest BCUT2D eigenvalue weighted by Gasteiger charge is -2.13. The molecule has 0 unspecified atom stereocenters. The molecule has 0 saturated heterocycles. The number of rotatable bonds is 5. The zero-order chi connectivity index (χ0) is 19.3. The molecule has 0 aromatic heterocycles. The summed E-state index contributed by atoms with van der Waals surface area (Å²) < 4.78 is 7.24. The number of hydrogen-bond acceptors (Lipinski definition) is 4. The third kappa shape index (κ3) is 5.89. The Morgan fingerprint density at radius 1 is 1.15 bits per heavy atom.